The van der Waals surface area contributed by atoms with E-state index in [2.05, 4.69) is 4.90 Å². The van der Waals surface area contributed by atoms with E-state index in [0.29, 0.717) is 5.41 Å². The van der Waals surface area contributed by atoms with Crippen molar-refractivity contribution in [3.05, 3.63) is 0 Å². The SMILES string of the molecule is COCC1(CCN)CCN2CCCC1C2. The standard InChI is InChI=1S/C12H24N2O/c1-15-10-12(4-6-13)5-8-14-7-2-3-11(12)9-14/h11H,2-10,13H2,1H3. The van der Waals surface area contributed by atoms with Crippen LogP contribution in [0.25, 0.3) is 0 Å². The van der Waals surface area contributed by atoms with E-state index in [0.717, 1.165) is 25.5 Å². The third-order valence-corrected chi connectivity index (χ3v) is 4.37. The van der Waals surface area contributed by atoms with Crippen LogP contribution in [0.2, 0.25) is 0 Å². The lowest BCUT2D eigenvalue weighted by molar-refractivity contribution is -0.0530. The molecule has 88 valence electrons. The predicted octanol–water partition coefficient (Wildman–Crippen LogP) is 1.08. The van der Waals surface area contributed by atoms with Gasteiger partial charge in [0.2, 0.25) is 0 Å². The number of hydrogen-bond acceptors (Lipinski definition) is 3. The molecule has 0 aromatic carbocycles. The second-order valence-electron chi connectivity index (χ2n) is 5.22. The minimum absolute atomic E-state index is 0.389. The van der Waals surface area contributed by atoms with Crippen LogP contribution in [-0.4, -0.2) is 44.8 Å². The van der Waals surface area contributed by atoms with Crippen LogP contribution in [0, 0.1) is 11.3 Å². The Labute approximate surface area is 93.0 Å². The van der Waals surface area contributed by atoms with Gasteiger partial charge in [-0.15, -0.1) is 0 Å². The van der Waals surface area contributed by atoms with Gasteiger partial charge in [-0.25, -0.2) is 0 Å². The fourth-order valence-electron chi connectivity index (χ4n) is 3.51. The number of fused-ring (bicyclic) bond motifs is 2. The van der Waals surface area contributed by atoms with Gasteiger partial charge in [-0.1, -0.05) is 0 Å². The molecule has 0 aliphatic carbocycles. The molecule has 0 radical (unpaired) electrons. The Morgan fingerprint density at radius 1 is 1.47 bits per heavy atom. The predicted molar refractivity (Wildman–Crippen MR) is 61.8 cm³/mol. The average molecular weight is 212 g/mol. The molecular weight excluding hydrogens is 188 g/mol. The zero-order chi connectivity index (χ0) is 10.7. The van der Waals surface area contributed by atoms with Crippen molar-refractivity contribution < 1.29 is 4.74 Å². The number of piperidine rings is 2. The van der Waals surface area contributed by atoms with E-state index in [4.69, 9.17) is 10.5 Å². The third-order valence-electron chi connectivity index (χ3n) is 4.37. The summed E-state index contributed by atoms with van der Waals surface area (Å²) in [5, 5.41) is 0. The molecule has 3 heteroatoms. The number of hydrogen-bond donors (Lipinski definition) is 1. The molecule has 3 nitrogen and oxygen atoms in total. The Morgan fingerprint density at radius 2 is 2.33 bits per heavy atom. The highest BCUT2D eigenvalue weighted by Crippen LogP contribution is 2.44. The van der Waals surface area contributed by atoms with E-state index in [1.807, 2.05) is 7.11 Å². The van der Waals surface area contributed by atoms with Gasteiger partial charge >= 0.3 is 0 Å². The summed E-state index contributed by atoms with van der Waals surface area (Å²) in [6.45, 7) is 5.55. The van der Waals surface area contributed by atoms with Crippen LogP contribution in [0.1, 0.15) is 25.7 Å². The first-order valence-electron chi connectivity index (χ1n) is 6.22. The molecule has 2 rings (SSSR count). The second-order valence-corrected chi connectivity index (χ2v) is 5.22. The molecule has 2 aliphatic heterocycles. The highest BCUT2D eigenvalue weighted by Gasteiger charge is 2.43. The molecule has 2 heterocycles. The number of rotatable bonds is 4. The number of nitrogens with two attached hydrogens (primary N) is 1. The summed E-state index contributed by atoms with van der Waals surface area (Å²) in [6, 6.07) is 0. The second kappa shape index (κ2) is 4.81. The summed E-state index contributed by atoms with van der Waals surface area (Å²) in [7, 11) is 1.83. The molecule has 2 bridgehead atoms. The summed E-state index contributed by atoms with van der Waals surface area (Å²) in [5.74, 6) is 0.823. The molecule has 3 unspecified atom stereocenters. The van der Waals surface area contributed by atoms with Crippen molar-refractivity contribution in [2.75, 3.05) is 39.9 Å². The molecular formula is C12H24N2O. The largest absolute Gasteiger partial charge is 0.384 e. The van der Waals surface area contributed by atoms with Gasteiger partial charge < -0.3 is 15.4 Å². The van der Waals surface area contributed by atoms with Crippen LogP contribution in [0.5, 0.6) is 0 Å². The van der Waals surface area contributed by atoms with Crippen molar-refractivity contribution in [2.24, 2.45) is 17.1 Å². The van der Waals surface area contributed by atoms with Crippen molar-refractivity contribution >= 4 is 0 Å². The zero-order valence-electron chi connectivity index (χ0n) is 9.87. The van der Waals surface area contributed by atoms with E-state index in [-0.39, 0.29) is 0 Å². The highest BCUT2D eigenvalue weighted by atomic mass is 16.5. The van der Waals surface area contributed by atoms with Crippen LogP contribution in [-0.2, 0) is 4.74 Å². The van der Waals surface area contributed by atoms with E-state index < -0.39 is 0 Å². The fourth-order valence-corrected chi connectivity index (χ4v) is 3.51. The molecule has 2 saturated heterocycles. The first-order valence-corrected chi connectivity index (χ1v) is 6.22. The Balaban J connectivity index is 2.08. The molecule has 2 fully saturated rings. The van der Waals surface area contributed by atoms with Crippen LogP contribution in [0.4, 0.5) is 0 Å². The minimum Gasteiger partial charge on any atom is -0.384 e. The molecule has 15 heavy (non-hydrogen) atoms. The topological polar surface area (TPSA) is 38.5 Å². The monoisotopic (exact) mass is 212 g/mol. The lowest BCUT2D eigenvalue weighted by Crippen LogP contribution is -2.53. The average Bonchev–Trinajstić information content (AvgIpc) is 2.26. The summed E-state index contributed by atoms with van der Waals surface area (Å²) in [6.07, 6.45) is 5.16. The molecule has 0 amide bonds. The number of ether oxygens (including phenoxy) is 1. The molecule has 2 aliphatic rings. The maximum Gasteiger partial charge on any atom is 0.0522 e. The van der Waals surface area contributed by atoms with Crippen molar-refractivity contribution in [1.29, 1.82) is 0 Å². The Hall–Kier alpha value is -0.120. The molecule has 0 spiro atoms. The summed E-state index contributed by atoms with van der Waals surface area (Å²) >= 11 is 0. The Morgan fingerprint density at radius 3 is 3.07 bits per heavy atom. The van der Waals surface area contributed by atoms with Crippen molar-refractivity contribution in [3.8, 4) is 0 Å². The number of methoxy groups -OCH3 is 1. The van der Waals surface area contributed by atoms with Gasteiger partial charge in [0.15, 0.2) is 0 Å². The normalized spacial score (nSPS) is 40.4. The van der Waals surface area contributed by atoms with Crippen molar-refractivity contribution in [3.63, 3.8) is 0 Å². The van der Waals surface area contributed by atoms with E-state index in [9.17, 15) is 0 Å². The van der Waals surface area contributed by atoms with Crippen LogP contribution in [0.15, 0.2) is 0 Å². The first-order chi connectivity index (χ1) is 7.30. The quantitative estimate of drug-likeness (QED) is 0.758. The summed E-state index contributed by atoms with van der Waals surface area (Å²) in [4.78, 5) is 2.61. The maximum absolute atomic E-state index is 5.78. The molecule has 0 aromatic heterocycles. The van der Waals surface area contributed by atoms with Crippen LogP contribution < -0.4 is 5.73 Å². The summed E-state index contributed by atoms with van der Waals surface area (Å²) < 4.78 is 5.45. The number of nitrogens with zero attached hydrogens (tertiary/aromatic N) is 1. The summed E-state index contributed by atoms with van der Waals surface area (Å²) in [5.41, 5.74) is 6.16. The molecule has 2 N–H and O–H groups in total. The van der Waals surface area contributed by atoms with Gasteiger partial charge in [0, 0.05) is 19.1 Å². The van der Waals surface area contributed by atoms with Gasteiger partial charge in [-0.2, -0.15) is 0 Å². The van der Waals surface area contributed by atoms with Crippen molar-refractivity contribution in [1.82, 2.24) is 4.90 Å². The van der Waals surface area contributed by atoms with Crippen molar-refractivity contribution in [2.45, 2.75) is 25.7 Å². The van der Waals surface area contributed by atoms with Gasteiger partial charge in [-0.3, -0.25) is 0 Å². The van der Waals surface area contributed by atoms with Gasteiger partial charge in [-0.05, 0) is 51.2 Å². The molecule has 0 aromatic rings. The van der Waals surface area contributed by atoms with Crippen LogP contribution in [0.3, 0.4) is 0 Å². The maximum atomic E-state index is 5.78. The molecule has 0 saturated carbocycles. The lowest BCUT2D eigenvalue weighted by Gasteiger charge is -2.50. The smallest absolute Gasteiger partial charge is 0.0522 e. The lowest BCUT2D eigenvalue weighted by atomic mass is 9.65. The van der Waals surface area contributed by atoms with Gasteiger partial charge in [0.1, 0.15) is 0 Å². The third kappa shape index (κ3) is 2.19. The van der Waals surface area contributed by atoms with Crippen LogP contribution >= 0.6 is 0 Å². The molecule has 3 atom stereocenters. The first kappa shape index (κ1) is 11.4. The van der Waals surface area contributed by atoms with E-state index in [1.165, 1.54) is 38.9 Å². The van der Waals surface area contributed by atoms with Gasteiger partial charge in [0.05, 0.1) is 6.61 Å². The highest BCUT2D eigenvalue weighted by molar-refractivity contribution is 4.95. The minimum atomic E-state index is 0.389. The van der Waals surface area contributed by atoms with E-state index in [1.54, 1.807) is 0 Å². The van der Waals surface area contributed by atoms with E-state index >= 15 is 0 Å². The fraction of sp³-hybridized carbons (Fsp3) is 1.00. The Kier molecular flexibility index (Phi) is 3.65. The zero-order valence-corrected chi connectivity index (χ0v) is 9.87. The Bertz CT molecular complexity index is 202. The van der Waals surface area contributed by atoms with Gasteiger partial charge in [0.25, 0.3) is 0 Å².